The average molecular weight is 242 g/mol. The summed E-state index contributed by atoms with van der Waals surface area (Å²) < 4.78 is 5.77. The number of aliphatic hydroxyl groups excluding tert-OH is 1. The zero-order chi connectivity index (χ0) is 13.1. The van der Waals surface area contributed by atoms with Crippen molar-refractivity contribution in [1.82, 2.24) is 0 Å². The van der Waals surface area contributed by atoms with E-state index in [1.54, 1.807) is 6.92 Å². The number of hydrogen-bond acceptors (Lipinski definition) is 2. The van der Waals surface area contributed by atoms with E-state index in [-0.39, 0.29) is 0 Å². The van der Waals surface area contributed by atoms with Crippen molar-refractivity contribution in [3.63, 3.8) is 0 Å². The Morgan fingerprint density at radius 3 is 2.06 bits per heavy atom. The molecule has 2 nitrogen and oxygen atoms in total. The summed E-state index contributed by atoms with van der Waals surface area (Å²) in [5.74, 6) is 1.62. The van der Waals surface area contributed by atoms with Crippen LogP contribution in [0.15, 0.2) is 42.5 Å². The number of rotatable bonds is 3. The largest absolute Gasteiger partial charge is 0.457 e. The van der Waals surface area contributed by atoms with Gasteiger partial charge in [-0.1, -0.05) is 18.2 Å². The normalized spacial score (nSPS) is 12.2. The van der Waals surface area contributed by atoms with Gasteiger partial charge in [0, 0.05) is 0 Å². The van der Waals surface area contributed by atoms with Gasteiger partial charge in [0.2, 0.25) is 0 Å². The quantitative estimate of drug-likeness (QED) is 0.876. The topological polar surface area (TPSA) is 29.5 Å². The molecule has 2 rings (SSSR count). The molecule has 0 aromatic heterocycles. The summed E-state index contributed by atoms with van der Waals surface area (Å²) in [6.45, 7) is 5.90. The second kappa shape index (κ2) is 5.23. The van der Waals surface area contributed by atoms with Gasteiger partial charge in [-0.3, -0.25) is 0 Å². The van der Waals surface area contributed by atoms with Crippen molar-refractivity contribution in [2.75, 3.05) is 0 Å². The van der Waals surface area contributed by atoms with E-state index in [1.165, 1.54) is 11.1 Å². The van der Waals surface area contributed by atoms with E-state index in [2.05, 4.69) is 19.9 Å². The number of ether oxygens (including phenoxy) is 1. The Bertz CT molecular complexity index is 527. The van der Waals surface area contributed by atoms with Crippen molar-refractivity contribution in [3.8, 4) is 11.5 Å². The zero-order valence-electron chi connectivity index (χ0n) is 11.0. The van der Waals surface area contributed by atoms with Crippen molar-refractivity contribution in [1.29, 1.82) is 0 Å². The summed E-state index contributed by atoms with van der Waals surface area (Å²) in [6.07, 6.45) is -0.444. The zero-order valence-corrected chi connectivity index (χ0v) is 11.0. The molecule has 1 unspecified atom stereocenters. The van der Waals surface area contributed by atoms with Crippen molar-refractivity contribution in [2.24, 2.45) is 0 Å². The van der Waals surface area contributed by atoms with Crippen molar-refractivity contribution < 1.29 is 9.84 Å². The molecule has 0 bridgehead atoms. The second-order valence-corrected chi connectivity index (χ2v) is 4.59. The van der Waals surface area contributed by atoms with E-state index in [4.69, 9.17) is 4.74 Å². The highest BCUT2D eigenvalue weighted by Gasteiger charge is 2.02. The molecule has 2 heteroatoms. The van der Waals surface area contributed by atoms with Gasteiger partial charge in [-0.2, -0.15) is 0 Å². The van der Waals surface area contributed by atoms with Crippen LogP contribution in [-0.4, -0.2) is 5.11 Å². The molecule has 0 spiro atoms. The third-order valence-corrected chi connectivity index (χ3v) is 3.08. The lowest BCUT2D eigenvalue weighted by molar-refractivity contribution is 0.199. The molecule has 2 aromatic rings. The lowest BCUT2D eigenvalue weighted by Gasteiger charge is -2.09. The summed E-state index contributed by atoms with van der Waals surface area (Å²) in [5.41, 5.74) is 3.36. The maximum absolute atomic E-state index is 9.43. The van der Waals surface area contributed by atoms with E-state index in [0.717, 1.165) is 17.1 Å². The maximum atomic E-state index is 9.43. The SMILES string of the molecule is Cc1ccc(Oc2ccc(C(C)O)cc2)cc1C. The molecule has 94 valence electrons. The van der Waals surface area contributed by atoms with Crippen LogP contribution in [-0.2, 0) is 0 Å². The van der Waals surface area contributed by atoms with Gasteiger partial charge >= 0.3 is 0 Å². The first kappa shape index (κ1) is 12.7. The lowest BCUT2D eigenvalue weighted by Crippen LogP contribution is -1.91. The fourth-order valence-electron chi connectivity index (χ4n) is 1.73. The van der Waals surface area contributed by atoms with Crippen LogP contribution in [0.3, 0.4) is 0 Å². The first-order valence-corrected chi connectivity index (χ1v) is 6.09. The molecule has 18 heavy (non-hydrogen) atoms. The van der Waals surface area contributed by atoms with Crippen LogP contribution < -0.4 is 4.74 Å². The van der Waals surface area contributed by atoms with Crippen LogP contribution in [0.1, 0.15) is 29.7 Å². The van der Waals surface area contributed by atoms with Gasteiger partial charge in [-0.25, -0.2) is 0 Å². The monoisotopic (exact) mass is 242 g/mol. The molecule has 0 amide bonds. The minimum atomic E-state index is -0.444. The molecule has 0 aliphatic rings. The summed E-state index contributed by atoms with van der Waals surface area (Å²) in [6, 6.07) is 13.5. The third kappa shape index (κ3) is 2.90. The van der Waals surface area contributed by atoms with Gasteiger partial charge in [0.1, 0.15) is 11.5 Å². The molecule has 0 saturated heterocycles. The first-order valence-electron chi connectivity index (χ1n) is 6.09. The van der Waals surface area contributed by atoms with Gasteiger partial charge in [-0.05, 0) is 61.7 Å². The molecular formula is C16H18O2. The number of aryl methyl sites for hydroxylation is 2. The summed E-state index contributed by atoms with van der Waals surface area (Å²) in [5, 5.41) is 9.43. The van der Waals surface area contributed by atoms with Crippen LogP contribution in [0.25, 0.3) is 0 Å². The highest BCUT2D eigenvalue weighted by Crippen LogP contribution is 2.25. The molecule has 0 heterocycles. The Balaban J connectivity index is 2.15. The summed E-state index contributed by atoms with van der Waals surface area (Å²) in [4.78, 5) is 0. The smallest absolute Gasteiger partial charge is 0.127 e. The van der Waals surface area contributed by atoms with E-state index in [9.17, 15) is 5.11 Å². The average Bonchev–Trinajstić information content (AvgIpc) is 2.34. The molecule has 1 N–H and O–H groups in total. The van der Waals surface area contributed by atoms with Crippen LogP contribution >= 0.6 is 0 Å². The Morgan fingerprint density at radius 2 is 1.50 bits per heavy atom. The molecule has 0 aliphatic heterocycles. The molecule has 0 fully saturated rings. The highest BCUT2D eigenvalue weighted by atomic mass is 16.5. The van der Waals surface area contributed by atoms with Crippen molar-refractivity contribution >= 4 is 0 Å². The fourth-order valence-corrected chi connectivity index (χ4v) is 1.73. The van der Waals surface area contributed by atoms with E-state index < -0.39 is 6.10 Å². The Labute approximate surface area is 108 Å². The van der Waals surface area contributed by atoms with Crippen LogP contribution in [0.4, 0.5) is 0 Å². The van der Waals surface area contributed by atoms with E-state index in [0.29, 0.717) is 0 Å². The number of benzene rings is 2. The minimum Gasteiger partial charge on any atom is -0.457 e. The molecule has 0 aliphatic carbocycles. The maximum Gasteiger partial charge on any atom is 0.127 e. The fraction of sp³-hybridized carbons (Fsp3) is 0.250. The number of hydrogen-bond donors (Lipinski definition) is 1. The molecule has 2 aromatic carbocycles. The minimum absolute atomic E-state index is 0.444. The predicted octanol–water partition coefficient (Wildman–Crippen LogP) is 4.15. The van der Waals surface area contributed by atoms with Crippen molar-refractivity contribution in [3.05, 3.63) is 59.2 Å². The molecular weight excluding hydrogens is 224 g/mol. The van der Waals surface area contributed by atoms with E-state index in [1.807, 2.05) is 36.4 Å². The Kier molecular flexibility index (Phi) is 3.68. The van der Waals surface area contributed by atoms with Crippen LogP contribution in [0.2, 0.25) is 0 Å². The van der Waals surface area contributed by atoms with Gasteiger partial charge < -0.3 is 9.84 Å². The Morgan fingerprint density at radius 1 is 0.889 bits per heavy atom. The Hall–Kier alpha value is -1.80. The molecule has 0 radical (unpaired) electrons. The highest BCUT2D eigenvalue weighted by molar-refractivity contribution is 5.38. The van der Waals surface area contributed by atoms with Gasteiger partial charge in [-0.15, -0.1) is 0 Å². The predicted molar refractivity (Wildman–Crippen MR) is 73.1 cm³/mol. The second-order valence-electron chi connectivity index (χ2n) is 4.59. The van der Waals surface area contributed by atoms with E-state index >= 15 is 0 Å². The van der Waals surface area contributed by atoms with Crippen LogP contribution in [0.5, 0.6) is 11.5 Å². The summed E-state index contributed by atoms with van der Waals surface area (Å²) in [7, 11) is 0. The molecule has 1 atom stereocenters. The van der Waals surface area contributed by atoms with Gasteiger partial charge in [0.15, 0.2) is 0 Å². The molecule has 0 saturated carbocycles. The first-order chi connectivity index (χ1) is 8.56. The lowest BCUT2D eigenvalue weighted by atomic mass is 10.1. The van der Waals surface area contributed by atoms with Gasteiger partial charge in [0.05, 0.1) is 6.10 Å². The third-order valence-electron chi connectivity index (χ3n) is 3.08. The van der Waals surface area contributed by atoms with Crippen LogP contribution in [0, 0.1) is 13.8 Å². The number of aliphatic hydroxyl groups is 1. The van der Waals surface area contributed by atoms with Crippen molar-refractivity contribution in [2.45, 2.75) is 26.9 Å². The van der Waals surface area contributed by atoms with Gasteiger partial charge in [0.25, 0.3) is 0 Å². The summed E-state index contributed by atoms with van der Waals surface area (Å²) >= 11 is 0. The standard InChI is InChI=1S/C16H18O2/c1-11-4-7-16(10-12(11)2)18-15-8-5-14(6-9-15)13(3)17/h4-10,13,17H,1-3H3.